The number of hydrogen-bond donors (Lipinski definition) is 2. The van der Waals surface area contributed by atoms with E-state index in [0.717, 1.165) is 44.3 Å². The molecule has 0 aromatic heterocycles. The maximum Gasteiger partial charge on any atom is 0.252 e. The van der Waals surface area contributed by atoms with Crippen LogP contribution in [-0.2, 0) is 0 Å². The Balaban J connectivity index is 2.47. The predicted molar refractivity (Wildman–Crippen MR) is 99.1 cm³/mol. The van der Waals surface area contributed by atoms with Crippen molar-refractivity contribution in [1.82, 2.24) is 5.32 Å². The minimum atomic E-state index is -0.296. The molecule has 2 unspecified atom stereocenters. The molecule has 1 rings (SSSR count). The van der Waals surface area contributed by atoms with Crippen LogP contribution in [0, 0.1) is 0 Å². The molecule has 0 saturated carbocycles. The Kier molecular flexibility index (Phi) is 9.96. The lowest BCUT2D eigenvalue weighted by molar-refractivity contribution is 0.0935. The van der Waals surface area contributed by atoms with Crippen LogP contribution in [0.5, 0.6) is 5.75 Å². The number of amides is 1. The molecule has 0 saturated heterocycles. The van der Waals surface area contributed by atoms with Crippen molar-refractivity contribution in [2.75, 3.05) is 6.61 Å². The summed E-state index contributed by atoms with van der Waals surface area (Å²) in [5, 5.41) is 2.83. The lowest BCUT2D eigenvalue weighted by atomic mass is 10.1. The summed E-state index contributed by atoms with van der Waals surface area (Å²) < 4.78 is 5.74. The number of carbonyl (C=O) groups is 1. The maximum atomic E-state index is 12.2. The second-order valence-corrected chi connectivity index (χ2v) is 7.07. The molecule has 0 heterocycles. The third kappa shape index (κ3) is 8.37. The Bertz CT molecular complexity index is 468. The Labute approximate surface area is 148 Å². The summed E-state index contributed by atoms with van der Waals surface area (Å²) in [5.74, 6) is 0.569. The fourth-order valence-electron chi connectivity index (χ4n) is 2.24. The first-order valence-electron chi connectivity index (χ1n) is 8.50. The summed E-state index contributed by atoms with van der Waals surface area (Å²) in [6, 6.07) is 7.25. The van der Waals surface area contributed by atoms with Gasteiger partial charge in [-0.15, -0.1) is 0 Å². The third-order valence-corrected chi connectivity index (χ3v) is 4.50. The zero-order chi connectivity index (χ0) is 17.1. The van der Waals surface area contributed by atoms with Gasteiger partial charge in [-0.05, 0) is 37.5 Å². The van der Waals surface area contributed by atoms with Gasteiger partial charge in [-0.3, -0.25) is 4.79 Å². The van der Waals surface area contributed by atoms with Crippen molar-refractivity contribution in [1.29, 1.82) is 0 Å². The Morgan fingerprint density at radius 3 is 2.74 bits per heavy atom. The van der Waals surface area contributed by atoms with Crippen LogP contribution in [-0.4, -0.2) is 23.5 Å². The Morgan fingerprint density at radius 1 is 1.26 bits per heavy atom. The molecule has 0 bridgehead atoms. The molecule has 1 aromatic carbocycles. The minimum Gasteiger partial charge on any atom is -0.494 e. The van der Waals surface area contributed by atoms with Gasteiger partial charge in [0.15, 0.2) is 0 Å². The third-order valence-electron chi connectivity index (χ3n) is 3.58. The Hall–Kier alpha value is -1.07. The van der Waals surface area contributed by atoms with Crippen LogP contribution in [0.3, 0.4) is 0 Å². The van der Waals surface area contributed by atoms with Crippen molar-refractivity contribution in [2.24, 2.45) is 5.73 Å². The first-order valence-corrected chi connectivity index (χ1v) is 9.41. The van der Waals surface area contributed by atoms with E-state index < -0.39 is 0 Å². The van der Waals surface area contributed by atoms with Crippen LogP contribution in [0.25, 0.3) is 0 Å². The van der Waals surface area contributed by atoms with Crippen LogP contribution >= 0.6 is 15.9 Å². The van der Waals surface area contributed by atoms with Gasteiger partial charge in [0.05, 0.1) is 12.8 Å². The highest BCUT2D eigenvalue weighted by atomic mass is 79.9. The van der Waals surface area contributed by atoms with Crippen molar-refractivity contribution in [3.8, 4) is 5.75 Å². The maximum absolute atomic E-state index is 12.2. The number of alkyl halides is 1. The van der Waals surface area contributed by atoms with E-state index in [9.17, 15) is 4.79 Å². The number of rotatable bonds is 11. The summed E-state index contributed by atoms with van der Waals surface area (Å²) in [6.45, 7) is 4.91. The molecule has 0 aliphatic rings. The number of unbranched alkanes of at least 4 members (excludes halogenated alkanes) is 1. The van der Waals surface area contributed by atoms with E-state index in [2.05, 4.69) is 35.1 Å². The smallest absolute Gasteiger partial charge is 0.252 e. The lowest BCUT2D eigenvalue weighted by Gasteiger charge is -2.14. The summed E-state index contributed by atoms with van der Waals surface area (Å²) in [4.78, 5) is 12.7. The first-order chi connectivity index (χ1) is 11.1. The van der Waals surface area contributed by atoms with Gasteiger partial charge in [0.1, 0.15) is 5.75 Å². The molecule has 23 heavy (non-hydrogen) atoms. The molecule has 0 spiro atoms. The van der Waals surface area contributed by atoms with E-state index in [-0.39, 0.29) is 12.1 Å². The number of carbonyl (C=O) groups excluding carboxylic acids is 1. The van der Waals surface area contributed by atoms with E-state index >= 15 is 0 Å². The molecule has 1 aromatic rings. The fraction of sp³-hybridized carbons (Fsp3) is 0.611. The minimum absolute atomic E-state index is 0.150. The normalized spacial score (nSPS) is 13.4. The van der Waals surface area contributed by atoms with Crippen LogP contribution in [0.1, 0.15) is 62.7 Å². The fourth-order valence-corrected chi connectivity index (χ4v) is 2.88. The van der Waals surface area contributed by atoms with Gasteiger partial charge in [0.25, 0.3) is 5.91 Å². The number of halogens is 1. The van der Waals surface area contributed by atoms with E-state index in [0.29, 0.717) is 17.0 Å². The zero-order valence-corrected chi connectivity index (χ0v) is 15.8. The second-order valence-electron chi connectivity index (χ2n) is 5.77. The van der Waals surface area contributed by atoms with E-state index in [1.807, 2.05) is 12.1 Å². The van der Waals surface area contributed by atoms with Crippen LogP contribution in [0.2, 0.25) is 0 Å². The van der Waals surface area contributed by atoms with E-state index in [4.69, 9.17) is 10.5 Å². The van der Waals surface area contributed by atoms with Gasteiger partial charge < -0.3 is 15.8 Å². The number of nitrogens with two attached hydrogens (primary N) is 1. The summed E-state index contributed by atoms with van der Waals surface area (Å²) in [7, 11) is 0. The van der Waals surface area contributed by atoms with Crippen molar-refractivity contribution < 1.29 is 9.53 Å². The molecule has 4 nitrogen and oxygen atoms in total. The van der Waals surface area contributed by atoms with Gasteiger partial charge in [-0.1, -0.05) is 55.1 Å². The average molecular weight is 385 g/mol. The van der Waals surface area contributed by atoms with Crippen LogP contribution in [0.15, 0.2) is 24.3 Å². The highest BCUT2D eigenvalue weighted by Gasteiger charge is 2.11. The van der Waals surface area contributed by atoms with Gasteiger partial charge in [-0.2, -0.15) is 0 Å². The van der Waals surface area contributed by atoms with E-state index in [1.54, 1.807) is 12.1 Å². The SMILES string of the molecule is CCCCC(N)NC(=O)c1cccc(OCCC(Br)CCC)c1. The number of hydrogen-bond acceptors (Lipinski definition) is 3. The topological polar surface area (TPSA) is 64.3 Å². The Morgan fingerprint density at radius 2 is 2.04 bits per heavy atom. The van der Waals surface area contributed by atoms with Crippen molar-refractivity contribution in [2.45, 2.75) is 63.4 Å². The monoisotopic (exact) mass is 384 g/mol. The molecule has 1 amide bonds. The number of benzene rings is 1. The molecule has 0 aliphatic heterocycles. The number of nitrogens with one attached hydrogen (secondary N) is 1. The quantitative estimate of drug-likeness (QED) is 0.443. The highest BCUT2D eigenvalue weighted by Crippen LogP contribution is 2.16. The molecular formula is C18H29BrN2O2. The molecule has 130 valence electrons. The molecule has 0 fully saturated rings. The first kappa shape index (κ1) is 20.0. The van der Waals surface area contributed by atoms with Crippen LogP contribution in [0.4, 0.5) is 0 Å². The average Bonchev–Trinajstić information content (AvgIpc) is 2.53. The molecule has 3 N–H and O–H groups in total. The molecule has 0 aliphatic carbocycles. The summed E-state index contributed by atoms with van der Waals surface area (Å²) >= 11 is 3.64. The number of ether oxygens (including phenoxy) is 1. The van der Waals surface area contributed by atoms with E-state index in [1.165, 1.54) is 0 Å². The van der Waals surface area contributed by atoms with Gasteiger partial charge in [-0.25, -0.2) is 0 Å². The van der Waals surface area contributed by atoms with Crippen molar-refractivity contribution in [3.05, 3.63) is 29.8 Å². The van der Waals surface area contributed by atoms with Crippen molar-refractivity contribution >= 4 is 21.8 Å². The van der Waals surface area contributed by atoms with Crippen molar-refractivity contribution in [3.63, 3.8) is 0 Å². The summed E-state index contributed by atoms with van der Waals surface area (Å²) in [5.41, 5.74) is 6.49. The lowest BCUT2D eigenvalue weighted by Crippen LogP contribution is -2.41. The summed E-state index contributed by atoms with van der Waals surface area (Å²) in [6.07, 6.45) is 5.82. The second kappa shape index (κ2) is 11.5. The van der Waals surface area contributed by atoms with Crippen LogP contribution < -0.4 is 15.8 Å². The standard InChI is InChI=1S/C18H29BrN2O2/c1-3-5-10-17(20)21-18(22)14-8-6-9-16(13-14)23-12-11-15(19)7-4-2/h6,8-9,13,15,17H,3-5,7,10-12,20H2,1-2H3,(H,21,22). The van der Waals surface area contributed by atoms with Gasteiger partial charge in [0, 0.05) is 10.4 Å². The largest absolute Gasteiger partial charge is 0.494 e. The molecule has 0 radical (unpaired) electrons. The van der Waals surface area contributed by atoms with Gasteiger partial charge in [0.2, 0.25) is 0 Å². The predicted octanol–water partition coefficient (Wildman–Crippen LogP) is 4.22. The molecule has 5 heteroatoms. The van der Waals surface area contributed by atoms with Gasteiger partial charge >= 0.3 is 0 Å². The molecular weight excluding hydrogens is 356 g/mol. The highest BCUT2D eigenvalue weighted by molar-refractivity contribution is 9.09. The molecule has 2 atom stereocenters. The zero-order valence-electron chi connectivity index (χ0n) is 14.2.